The summed E-state index contributed by atoms with van der Waals surface area (Å²) in [7, 11) is 2.13. The summed E-state index contributed by atoms with van der Waals surface area (Å²) in [5, 5.41) is 4.17. The normalized spacial score (nSPS) is 18.0. The lowest BCUT2D eigenvalue weighted by Crippen LogP contribution is -2.44. The van der Waals surface area contributed by atoms with Gasteiger partial charge in [0.15, 0.2) is 0 Å². The largest absolute Gasteiger partial charge is 0.337 e. The van der Waals surface area contributed by atoms with E-state index in [-0.39, 0.29) is 11.4 Å². The van der Waals surface area contributed by atoms with E-state index in [9.17, 15) is 4.79 Å². The van der Waals surface area contributed by atoms with Crippen LogP contribution < -0.4 is 5.32 Å². The van der Waals surface area contributed by atoms with Gasteiger partial charge in [0.1, 0.15) is 0 Å². The summed E-state index contributed by atoms with van der Waals surface area (Å²) in [6, 6.07) is 5.67. The van der Waals surface area contributed by atoms with Crippen LogP contribution >= 0.6 is 23.2 Å². The number of halogens is 2. The first kappa shape index (κ1) is 20.3. The first-order chi connectivity index (χ1) is 11.7. The SMILES string of the molecule is CCN(C)CC1CCN(C(=O)NCC(C)(C)c2ccc(Cl)c(Cl)c2)C1. The van der Waals surface area contributed by atoms with E-state index >= 15 is 0 Å². The van der Waals surface area contributed by atoms with Gasteiger partial charge in [-0.2, -0.15) is 0 Å². The van der Waals surface area contributed by atoms with E-state index in [1.807, 2.05) is 17.0 Å². The maximum Gasteiger partial charge on any atom is 0.317 e. The number of likely N-dealkylation sites (tertiary alicyclic amines) is 1. The van der Waals surface area contributed by atoms with Crippen molar-refractivity contribution in [3.8, 4) is 0 Å². The quantitative estimate of drug-likeness (QED) is 0.793. The second kappa shape index (κ2) is 8.61. The van der Waals surface area contributed by atoms with E-state index in [0.29, 0.717) is 22.5 Å². The Balaban J connectivity index is 1.87. The number of benzene rings is 1. The molecule has 0 radical (unpaired) electrons. The van der Waals surface area contributed by atoms with Crippen LogP contribution in [-0.4, -0.2) is 55.6 Å². The smallest absolute Gasteiger partial charge is 0.317 e. The molecular formula is C19H29Cl2N3O. The van der Waals surface area contributed by atoms with Gasteiger partial charge in [0.2, 0.25) is 0 Å². The van der Waals surface area contributed by atoms with Crippen LogP contribution in [0, 0.1) is 5.92 Å². The molecule has 25 heavy (non-hydrogen) atoms. The Morgan fingerprint density at radius 1 is 1.36 bits per heavy atom. The highest BCUT2D eigenvalue weighted by Crippen LogP contribution is 2.29. The van der Waals surface area contributed by atoms with Crippen LogP contribution in [0.15, 0.2) is 18.2 Å². The molecule has 1 fully saturated rings. The monoisotopic (exact) mass is 385 g/mol. The average Bonchev–Trinajstić information content (AvgIpc) is 3.03. The van der Waals surface area contributed by atoms with Crippen LogP contribution in [-0.2, 0) is 5.41 Å². The van der Waals surface area contributed by atoms with Gasteiger partial charge >= 0.3 is 6.03 Å². The van der Waals surface area contributed by atoms with Gasteiger partial charge < -0.3 is 15.1 Å². The third kappa shape index (κ3) is 5.50. The molecule has 0 saturated carbocycles. The molecule has 1 aromatic carbocycles. The van der Waals surface area contributed by atoms with E-state index < -0.39 is 0 Å². The Morgan fingerprint density at radius 3 is 2.72 bits per heavy atom. The van der Waals surface area contributed by atoms with Gasteiger partial charge in [0, 0.05) is 31.6 Å². The molecule has 140 valence electrons. The number of urea groups is 1. The topological polar surface area (TPSA) is 35.6 Å². The van der Waals surface area contributed by atoms with Crippen LogP contribution in [0.3, 0.4) is 0 Å². The summed E-state index contributed by atoms with van der Waals surface area (Å²) in [6.45, 7) is 10.7. The molecule has 0 aliphatic carbocycles. The standard InChI is InChI=1S/C19H29Cl2N3O/c1-5-23(4)11-14-8-9-24(12-14)18(25)22-13-19(2,3)15-6-7-16(20)17(21)10-15/h6-7,10,14H,5,8-9,11-13H2,1-4H3,(H,22,25). The zero-order chi connectivity index (χ0) is 18.6. The van der Waals surface area contributed by atoms with Crippen LogP contribution in [0.1, 0.15) is 32.8 Å². The molecule has 6 heteroatoms. The Kier molecular flexibility index (Phi) is 7.01. The Labute approximate surface area is 161 Å². The predicted octanol–water partition coefficient (Wildman–Crippen LogP) is 4.25. The molecule has 1 aliphatic rings. The molecule has 1 heterocycles. The Morgan fingerprint density at radius 2 is 2.08 bits per heavy atom. The maximum absolute atomic E-state index is 12.5. The van der Waals surface area contributed by atoms with Crippen molar-refractivity contribution in [1.82, 2.24) is 15.1 Å². The molecule has 1 aromatic rings. The minimum absolute atomic E-state index is 0.0230. The Bertz CT molecular complexity index is 606. The number of nitrogens with zero attached hydrogens (tertiary/aromatic N) is 2. The summed E-state index contributed by atoms with van der Waals surface area (Å²) in [5.74, 6) is 0.568. The molecule has 4 nitrogen and oxygen atoms in total. The van der Waals surface area contributed by atoms with Crippen molar-refractivity contribution >= 4 is 29.2 Å². The van der Waals surface area contributed by atoms with Crippen molar-refractivity contribution in [2.24, 2.45) is 5.92 Å². The first-order valence-corrected chi connectivity index (χ1v) is 9.65. The zero-order valence-electron chi connectivity index (χ0n) is 15.6. The fraction of sp³-hybridized carbons (Fsp3) is 0.632. The van der Waals surface area contributed by atoms with Crippen LogP contribution in [0.5, 0.6) is 0 Å². The number of rotatable bonds is 6. The fourth-order valence-corrected chi connectivity index (χ4v) is 3.46. The van der Waals surface area contributed by atoms with Crippen LogP contribution in [0.2, 0.25) is 10.0 Å². The lowest BCUT2D eigenvalue weighted by Gasteiger charge is -2.28. The van der Waals surface area contributed by atoms with E-state index in [1.54, 1.807) is 6.07 Å². The first-order valence-electron chi connectivity index (χ1n) is 8.89. The number of carbonyl (C=O) groups excluding carboxylic acids is 1. The molecule has 0 spiro atoms. The Hall–Kier alpha value is -0.970. The van der Waals surface area contributed by atoms with Crippen molar-refractivity contribution in [3.63, 3.8) is 0 Å². The highest BCUT2D eigenvalue weighted by atomic mass is 35.5. The zero-order valence-corrected chi connectivity index (χ0v) is 17.1. The molecule has 1 N–H and O–H groups in total. The van der Waals surface area contributed by atoms with Gasteiger partial charge in [0.05, 0.1) is 10.0 Å². The summed E-state index contributed by atoms with van der Waals surface area (Å²) in [5.41, 5.74) is 0.844. The lowest BCUT2D eigenvalue weighted by atomic mass is 9.84. The van der Waals surface area contributed by atoms with Crippen molar-refractivity contribution in [2.75, 3.05) is 39.8 Å². The van der Waals surface area contributed by atoms with Gasteiger partial charge in [-0.15, -0.1) is 0 Å². The summed E-state index contributed by atoms with van der Waals surface area (Å²) in [6.07, 6.45) is 1.08. The summed E-state index contributed by atoms with van der Waals surface area (Å²) >= 11 is 12.1. The molecule has 0 aromatic heterocycles. The van der Waals surface area contributed by atoms with E-state index in [4.69, 9.17) is 23.2 Å². The second-order valence-electron chi connectivity index (χ2n) is 7.63. The fourth-order valence-electron chi connectivity index (χ4n) is 3.16. The van der Waals surface area contributed by atoms with Crippen LogP contribution in [0.4, 0.5) is 4.79 Å². The van der Waals surface area contributed by atoms with Crippen molar-refractivity contribution in [3.05, 3.63) is 33.8 Å². The molecule has 0 bridgehead atoms. The van der Waals surface area contributed by atoms with Gasteiger partial charge in [-0.05, 0) is 43.6 Å². The van der Waals surface area contributed by atoms with Gasteiger partial charge in [-0.25, -0.2) is 4.79 Å². The molecular weight excluding hydrogens is 357 g/mol. The van der Waals surface area contributed by atoms with Gasteiger partial charge in [-0.3, -0.25) is 0 Å². The number of nitrogens with one attached hydrogen (secondary N) is 1. The van der Waals surface area contributed by atoms with Crippen molar-refractivity contribution in [2.45, 2.75) is 32.6 Å². The third-order valence-electron chi connectivity index (χ3n) is 5.07. The highest BCUT2D eigenvalue weighted by Gasteiger charge is 2.28. The number of amides is 2. The maximum atomic E-state index is 12.5. The second-order valence-corrected chi connectivity index (χ2v) is 8.44. The molecule has 1 aliphatic heterocycles. The minimum Gasteiger partial charge on any atom is -0.337 e. The van der Waals surface area contributed by atoms with E-state index in [2.05, 4.69) is 38.0 Å². The predicted molar refractivity (Wildman–Crippen MR) is 106 cm³/mol. The summed E-state index contributed by atoms with van der Waals surface area (Å²) < 4.78 is 0. The van der Waals surface area contributed by atoms with Crippen molar-refractivity contribution < 1.29 is 4.79 Å². The molecule has 1 saturated heterocycles. The number of hydrogen-bond acceptors (Lipinski definition) is 2. The van der Waals surface area contributed by atoms with Gasteiger partial charge in [0.25, 0.3) is 0 Å². The number of carbonyl (C=O) groups is 1. The van der Waals surface area contributed by atoms with E-state index in [0.717, 1.165) is 38.2 Å². The molecule has 1 atom stereocenters. The molecule has 1 unspecified atom stereocenters. The van der Waals surface area contributed by atoms with E-state index in [1.165, 1.54) is 0 Å². The highest BCUT2D eigenvalue weighted by molar-refractivity contribution is 6.42. The van der Waals surface area contributed by atoms with Gasteiger partial charge in [-0.1, -0.05) is 50.0 Å². The number of hydrogen-bond donors (Lipinski definition) is 1. The molecule has 2 rings (SSSR count). The van der Waals surface area contributed by atoms with Crippen LogP contribution in [0.25, 0.3) is 0 Å². The lowest BCUT2D eigenvalue weighted by molar-refractivity contribution is 0.202. The minimum atomic E-state index is -0.217. The van der Waals surface area contributed by atoms with Crippen molar-refractivity contribution in [1.29, 1.82) is 0 Å². The third-order valence-corrected chi connectivity index (χ3v) is 5.80. The average molecular weight is 386 g/mol. The summed E-state index contributed by atoms with van der Waals surface area (Å²) in [4.78, 5) is 16.7. The molecule has 2 amide bonds.